The van der Waals surface area contributed by atoms with Crippen LogP contribution in [-0.2, 0) is 6.54 Å². The van der Waals surface area contributed by atoms with Crippen LogP contribution in [0, 0.1) is 6.92 Å². The van der Waals surface area contributed by atoms with Crippen molar-refractivity contribution in [2.24, 2.45) is 0 Å². The highest BCUT2D eigenvalue weighted by atomic mass is 32.1. The number of benzene rings is 1. The number of thiophene rings is 1. The van der Waals surface area contributed by atoms with Gasteiger partial charge in [0.2, 0.25) is 0 Å². The van der Waals surface area contributed by atoms with Gasteiger partial charge in [0.05, 0.1) is 6.54 Å². The molecule has 0 saturated carbocycles. The Balaban J connectivity index is 1.90. The van der Waals surface area contributed by atoms with Gasteiger partial charge in [0, 0.05) is 22.9 Å². The predicted octanol–water partition coefficient (Wildman–Crippen LogP) is 4.07. The van der Waals surface area contributed by atoms with Crippen LogP contribution in [0.2, 0.25) is 0 Å². The minimum atomic E-state index is -0.0768. The first-order valence-electron chi connectivity index (χ1n) is 6.43. The molecular weight excluding hydrogens is 270 g/mol. The van der Waals surface area contributed by atoms with Crippen molar-refractivity contribution in [3.05, 3.63) is 58.0 Å². The summed E-state index contributed by atoms with van der Waals surface area (Å²) in [6, 6.07) is 11.7. The summed E-state index contributed by atoms with van der Waals surface area (Å²) in [6.07, 6.45) is 0. The molecule has 1 amide bonds. The highest BCUT2D eigenvalue weighted by Crippen LogP contribution is 2.26. The monoisotopic (exact) mass is 285 g/mol. The number of hydrogen-bond donors (Lipinski definition) is 0. The lowest BCUT2D eigenvalue weighted by atomic mass is 10.1. The van der Waals surface area contributed by atoms with E-state index in [0.29, 0.717) is 12.3 Å². The van der Waals surface area contributed by atoms with E-state index in [2.05, 4.69) is 0 Å². The van der Waals surface area contributed by atoms with Crippen molar-refractivity contribution in [3.8, 4) is 0 Å². The summed E-state index contributed by atoms with van der Waals surface area (Å²) >= 11 is 1.65. The van der Waals surface area contributed by atoms with Crippen molar-refractivity contribution < 1.29 is 9.21 Å². The fourth-order valence-corrected chi connectivity index (χ4v) is 3.02. The lowest BCUT2D eigenvalue weighted by molar-refractivity contribution is 0.0756. The maximum atomic E-state index is 12.5. The van der Waals surface area contributed by atoms with E-state index < -0.39 is 0 Å². The van der Waals surface area contributed by atoms with Crippen LogP contribution >= 0.6 is 11.3 Å². The van der Waals surface area contributed by atoms with Gasteiger partial charge in [-0.1, -0.05) is 24.3 Å². The van der Waals surface area contributed by atoms with Crippen molar-refractivity contribution in [3.63, 3.8) is 0 Å². The van der Waals surface area contributed by atoms with E-state index in [0.717, 1.165) is 21.4 Å². The van der Waals surface area contributed by atoms with E-state index in [4.69, 9.17) is 4.42 Å². The number of aryl methyl sites for hydroxylation is 1. The number of furan rings is 1. The average molecular weight is 285 g/mol. The molecule has 0 spiro atoms. The van der Waals surface area contributed by atoms with E-state index in [1.807, 2.05) is 48.7 Å². The summed E-state index contributed by atoms with van der Waals surface area (Å²) < 4.78 is 5.71. The smallest absolute Gasteiger partial charge is 0.289 e. The van der Waals surface area contributed by atoms with Crippen LogP contribution in [0.5, 0.6) is 0 Å². The quantitative estimate of drug-likeness (QED) is 0.726. The second-order valence-corrected chi connectivity index (χ2v) is 5.83. The molecule has 20 heavy (non-hydrogen) atoms. The molecule has 2 aromatic heterocycles. The highest BCUT2D eigenvalue weighted by Gasteiger charge is 2.20. The van der Waals surface area contributed by atoms with Crippen LogP contribution in [0.3, 0.4) is 0 Å². The molecule has 0 unspecified atom stereocenters. The fourth-order valence-electron chi connectivity index (χ4n) is 2.26. The summed E-state index contributed by atoms with van der Waals surface area (Å²) in [6.45, 7) is 2.53. The third-order valence-corrected chi connectivity index (χ3v) is 4.22. The molecule has 0 bridgehead atoms. The van der Waals surface area contributed by atoms with Gasteiger partial charge in [0.1, 0.15) is 5.58 Å². The molecule has 0 atom stereocenters. The molecule has 0 N–H and O–H groups in total. The zero-order chi connectivity index (χ0) is 14.1. The average Bonchev–Trinajstić information content (AvgIpc) is 3.07. The summed E-state index contributed by atoms with van der Waals surface area (Å²) in [7, 11) is 1.80. The normalized spacial score (nSPS) is 10.9. The third-order valence-electron chi connectivity index (χ3n) is 3.36. The number of carbonyl (C=O) groups is 1. The molecular formula is C16H15NO2S. The van der Waals surface area contributed by atoms with Crippen molar-refractivity contribution in [2.45, 2.75) is 13.5 Å². The fraction of sp³-hybridized carbons (Fsp3) is 0.188. The Kier molecular flexibility index (Phi) is 3.32. The van der Waals surface area contributed by atoms with E-state index >= 15 is 0 Å². The van der Waals surface area contributed by atoms with E-state index in [1.54, 1.807) is 23.3 Å². The molecule has 4 heteroatoms. The molecule has 0 fully saturated rings. The van der Waals surface area contributed by atoms with Gasteiger partial charge < -0.3 is 9.32 Å². The van der Waals surface area contributed by atoms with Gasteiger partial charge in [-0.15, -0.1) is 11.3 Å². The maximum absolute atomic E-state index is 12.5. The highest BCUT2D eigenvalue weighted by molar-refractivity contribution is 7.09. The Hall–Kier alpha value is -2.07. The Morgan fingerprint density at radius 1 is 1.25 bits per heavy atom. The van der Waals surface area contributed by atoms with Crippen molar-refractivity contribution >= 4 is 28.2 Å². The molecule has 2 heterocycles. The van der Waals surface area contributed by atoms with E-state index in [-0.39, 0.29) is 5.91 Å². The van der Waals surface area contributed by atoms with Crippen molar-refractivity contribution in [2.75, 3.05) is 7.05 Å². The number of carbonyl (C=O) groups excluding carboxylic acids is 1. The van der Waals surface area contributed by atoms with Gasteiger partial charge in [0.15, 0.2) is 5.76 Å². The first kappa shape index (κ1) is 12.9. The Morgan fingerprint density at radius 3 is 2.75 bits per heavy atom. The number of amides is 1. The topological polar surface area (TPSA) is 33.5 Å². The lowest BCUT2D eigenvalue weighted by Crippen LogP contribution is -2.25. The summed E-state index contributed by atoms with van der Waals surface area (Å²) in [4.78, 5) is 15.4. The zero-order valence-electron chi connectivity index (χ0n) is 11.4. The Labute approximate surface area is 121 Å². The molecule has 0 aliphatic heterocycles. The van der Waals surface area contributed by atoms with Crippen LogP contribution in [0.25, 0.3) is 11.0 Å². The molecule has 1 aromatic carbocycles. The number of rotatable bonds is 3. The maximum Gasteiger partial charge on any atom is 0.289 e. The molecule has 0 saturated heterocycles. The molecule has 3 rings (SSSR count). The van der Waals surface area contributed by atoms with Crippen molar-refractivity contribution in [1.82, 2.24) is 4.90 Å². The molecule has 3 aromatic rings. The van der Waals surface area contributed by atoms with E-state index in [9.17, 15) is 4.79 Å². The number of nitrogens with zero attached hydrogens (tertiary/aromatic N) is 1. The minimum absolute atomic E-state index is 0.0768. The largest absolute Gasteiger partial charge is 0.451 e. The molecule has 0 aliphatic rings. The summed E-state index contributed by atoms with van der Waals surface area (Å²) in [5, 5.41) is 3.01. The molecule has 102 valence electrons. The zero-order valence-corrected chi connectivity index (χ0v) is 12.2. The van der Waals surface area contributed by atoms with E-state index in [1.165, 1.54) is 0 Å². The van der Waals surface area contributed by atoms with Crippen molar-refractivity contribution in [1.29, 1.82) is 0 Å². The van der Waals surface area contributed by atoms with Crippen LogP contribution < -0.4 is 0 Å². The predicted molar refractivity (Wildman–Crippen MR) is 81.1 cm³/mol. The summed E-state index contributed by atoms with van der Waals surface area (Å²) in [5.74, 6) is 0.359. The van der Waals surface area contributed by atoms with Gasteiger partial charge in [-0.25, -0.2) is 0 Å². The van der Waals surface area contributed by atoms with Gasteiger partial charge >= 0.3 is 0 Å². The van der Waals surface area contributed by atoms with Crippen LogP contribution in [0.1, 0.15) is 21.0 Å². The second kappa shape index (κ2) is 5.13. The lowest BCUT2D eigenvalue weighted by Gasteiger charge is -2.14. The number of hydrogen-bond acceptors (Lipinski definition) is 3. The second-order valence-electron chi connectivity index (χ2n) is 4.79. The Morgan fingerprint density at radius 2 is 2.05 bits per heavy atom. The number of fused-ring (bicyclic) bond motifs is 1. The minimum Gasteiger partial charge on any atom is -0.451 e. The van der Waals surface area contributed by atoms with Gasteiger partial charge in [-0.3, -0.25) is 4.79 Å². The third kappa shape index (κ3) is 2.23. The molecule has 0 radical (unpaired) electrons. The first-order chi connectivity index (χ1) is 9.66. The Bertz CT molecular complexity index is 743. The number of para-hydroxylation sites is 1. The van der Waals surface area contributed by atoms with Crippen LogP contribution in [-0.4, -0.2) is 17.9 Å². The summed E-state index contributed by atoms with van der Waals surface area (Å²) in [5.41, 5.74) is 1.67. The van der Waals surface area contributed by atoms with Gasteiger partial charge in [-0.05, 0) is 24.4 Å². The standard InChI is InChI=1S/C16H15NO2S/c1-11-13-7-3-4-8-14(13)19-15(11)16(18)17(2)10-12-6-5-9-20-12/h3-9H,10H2,1-2H3. The van der Waals surface area contributed by atoms with Gasteiger partial charge in [-0.2, -0.15) is 0 Å². The SMILES string of the molecule is Cc1c(C(=O)N(C)Cc2cccs2)oc2ccccc12. The van der Waals surface area contributed by atoms with Crippen LogP contribution in [0.4, 0.5) is 0 Å². The molecule has 0 aliphatic carbocycles. The molecule has 3 nitrogen and oxygen atoms in total. The van der Waals surface area contributed by atoms with Crippen LogP contribution in [0.15, 0.2) is 46.2 Å². The van der Waals surface area contributed by atoms with Gasteiger partial charge in [0.25, 0.3) is 5.91 Å². The first-order valence-corrected chi connectivity index (χ1v) is 7.31.